The number of aliphatic hydroxyl groups is 2. The SMILES string of the molecule is C=C(CO)C(=O)OCC(COC(=O)C(=C)CO)c1ccc(-c2ccc(CCCCF)cc2)cc1. The van der Waals surface area contributed by atoms with E-state index < -0.39 is 31.1 Å². The van der Waals surface area contributed by atoms with Gasteiger partial charge in [-0.2, -0.15) is 0 Å². The number of carbonyl (C=O) groups is 2. The van der Waals surface area contributed by atoms with Crippen molar-refractivity contribution >= 4 is 11.9 Å². The molecule has 2 aromatic carbocycles. The molecule has 6 nitrogen and oxygen atoms in total. The fraction of sp³-hybridized carbons (Fsp3) is 0.333. The molecule has 2 rings (SSSR count). The van der Waals surface area contributed by atoms with Crippen molar-refractivity contribution in [2.75, 3.05) is 33.1 Å². The Morgan fingerprint density at radius 3 is 1.71 bits per heavy atom. The predicted molar refractivity (Wildman–Crippen MR) is 128 cm³/mol. The molecule has 34 heavy (non-hydrogen) atoms. The van der Waals surface area contributed by atoms with Crippen LogP contribution in [0.1, 0.15) is 29.9 Å². The molecule has 0 unspecified atom stereocenters. The van der Waals surface area contributed by atoms with Crippen LogP contribution < -0.4 is 0 Å². The number of aryl methyl sites for hydroxylation is 1. The smallest absolute Gasteiger partial charge is 0.335 e. The van der Waals surface area contributed by atoms with E-state index in [0.29, 0.717) is 6.42 Å². The lowest BCUT2D eigenvalue weighted by Crippen LogP contribution is -2.21. The van der Waals surface area contributed by atoms with Gasteiger partial charge < -0.3 is 19.7 Å². The minimum absolute atomic E-state index is 0.0760. The summed E-state index contributed by atoms with van der Waals surface area (Å²) in [6.45, 7) is 5.36. The number of unbranched alkanes of at least 4 members (excludes halogenated alkanes) is 1. The van der Waals surface area contributed by atoms with E-state index in [1.54, 1.807) is 0 Å². The van der Waals surface area contributed by atoms with Crippen molar-refractivity contribution in [3.8, 4) is 11.1 Å². The van der Waals surface area contributed by atoms with Gasteiger partial charge in [-0.25, -0.2) is 9.59 Å². The molecule has 0 aliphatic carbocycles. The minimum Gasteiger partial charge on any atom is -0.461 e. The first kappa shape index (κ1) is 27.0. The number of rotatable bonds is 14. The van der Waals surface area contributed by atoms with Crippen LogP contribution in [0.25, 0.3) is 11.1 Å². The second-order valence-corrected chi connectivity index (χ2v) is 7.88. The van der Waals surface area contributed by atoms with Crippen LogP contribution in [0.2, 0.25) is 0 Å². The highest BCUT2D eigenvalue weighted by atomic mass is 19.1. The highest BCUT2D eigenvalue weighted by Gasteiger charge is 2.19. The molecule has 0 aliphatic heterocycles. The van der Waals surface area contributed by atoms with Crippen molar-refractivity contribution in [1.29, 1.82) is 0 Å². The monoisotopic (exact) mass is 470 g/mol. The first-order valence-electron chi connectivity index (χ1n) is 11.1. The van der Waals surface area contributed by atoms with Gasteiger partial charge in [-0.05, 0) is 41.5 Å². The third-order valence-electron chi connectivity index (χ3n) is 5.31. The van der Waals surface area contributed by atoms with Gasteiger partial charge >= 0.3 is 11.9 Å². The van der Waals surface area contributed by atoms with Crippen LogP contribution in [0.5, 0.6) is 0 Å². The standard InChI is InChI=1S/C27H31FO6/c1-19(15-29)26(31)33-17-25(18-34-27(32)20(2)16-30)24-12-10-23(11-13-24)22-8-6-21(7-9-22)5-3-4-14-28/h6-13,25,29-30H,1-5,14-18H2. The summed E-state index contributed by atoms with van der Waals surface area (Å²) in [5.41, 5.74) is 3.78. The number of hydrogen-bond acceptors (Lipinski definition) is 6. The van der Waals surface area contributed by atoms with Crippen molar-refractivity contribution < 1.29 is 33.7 Å². The quantitative estimate of drug-likeness (QED) is 0.247. The first-order chi connectivity index (χ1) is 16.4. The molecule has 0 saturated carbocycles. The molecule has 0 bridgehead atoms. The van der Waals surface area contributed by atoms with E-state index in [2.05, 4.69) is 13.2 Å². The molecular weight excluding hydrogens is 439 g/mol. The molecule has 182 valence electrons. The normalized spacial score (nSPS) is 10.7. The van der Waals surface area contributed by atoms with Gasteiger partial charge in [0.25, 0.3) is 0 Å². The lowest BCUT2D eigenvalue weighted by atomic mass is 9.96. The summed E-state index contributed by atoms with van der Waals surface area (Å²) in [5.74, 6) is -1.94. The molecule has 0 radical (unpaired) electrons. The van der Waals surface area contributed by atoms with Crippen LogP contribution in [0.4, 0.5) is 4.39 Å². The Hall–Kier alpha value is -3.29. The van der Waals surface area contributed by atoms with E-state index in [1.165, 1.54) is 0 Å². The minimum atomic E-state index is -0.734. The number of aliphatic hydroxyl groups excluding tert-OH is 2. The molecule has 0 spiro atoms. The molecule has 0 aliphatic rings. The van der Waals surface area contributed by atoms with Crippen molar-refractivity contribution in [2.24, 2.45) is 0 Å². The molecule has 0 saturated heterocycles. The third-order valence-corrected chi connectivity index (χ3v) is 5.31. The number of carbonyl (C=O) groups excluding carboxylic acids is 2. The molecule has 2 aromatic rings. The second kappa shape index (κ2) is 14.1. The zero-order valence-electron chi connectivity index (χ0n) is 19.2. The maximum atomic E-state index is 12.3. The number of benzene rings is 2. The Morgan fingerprint density at radius 1 is 0.794 bits per heavy atom. The largest absolute Gasteiger partial charge is 0.461 e. The Morgan fingerprint density at radius 2 is 1.26 bits per heavy atom. The number of esters is 2. The molecule has 0 fully saturated rings. The van der Waals surface area contributed by atoms with Crippen molar-refractivity contribution in [1.82, 2.24) is 0 Å². The van der Waals surface area contributed by atoms with Crippen LogP contribution in [0.3, 0.4) is 0 Å². The summed E-state index contributed by atoms with van der Waals surface area (Å²) >= 11 is 0. The number of alkyl halides is 1. The first-order valence-corrected chi connectivity index (χ1v) is 11.1. The van der Waals surface area contributed by atoms with E-state index in [9.17, 15) is 14.0 Å². The van der Waals surface area contributed by atoms with Crippen LogP contribution in [-0.4, -0.2) is 55.3 Å². The van der Waals surface area contributed by atoms with Gasteiger partial charge in [-0.3, -0.25) is 4.39 Å². The number of hydrogen-bond donors (Lipinski definition) is 2. The fourth-order valence-electron chi connectivity index (χ4n) is 3.16. The molecule has 0 aromatic heterocycles. The Bertz CT molecular complexity index is 934. The summed E-state index contributed by atoms with van der Waals surface area (Å²) in [7, 11) is 0. The highest BCUT2D eigenvalue weighted by molar-refractivity contribution is 5.88. The average molecular weight is 471 g/mol. The van der Waals surface area contributed by atoms with Crippen LogP contribution in [0.15, 0.2) is 72.8 Å². The maximum absolute atomic E-state index is 12.3. The van der Waals surface area contributed by atoms with E-state index in [1.807, 2.05) is 48.5 Å². The molecule has 7 heteroatoms. The van der Waals surface area contributed by atoms with E-state index in [-0.39, 0.29) is 31.0 Å². The van der Waals surface area contributed by atoms with Gasteiger partial charge in [0, 0.05) is 0 Å². The Labute approximate surface area is 199 Å². The van der Waals surface area contributed by atoms with Gasteiger partial charge in [0.05, 0.1) is 37.0 Å². The Kier molecular flexibility index (Phi) is 11.2. The molecule has 0 atom stereocenters. The summed E-state index contributed by atoms with van der Waals surface area (Å²) in [6, 6.07) is 15.7. The maximum Gasteiger partial charge on any atom is 0.335 e. The average Bonchev–Trinajstić information content (AvgIpc) is 2.88. The van der Waals surface area contributed by atoms with Gasteiger partial charge in [-0.1, -0.05) is 61.7 Å². The van der Waals surface area contributed by atoms with Crippen molar-refractivity contribution in [3.63, 3.8) is 0 Å². The van der Waals surface area contributed by atoms with E-state index in [0.717, 1.165) is 35.1 Å². The van der Waals surface area contributed by atoms with E-state index >= 15 is 0 Å². The molecule has 2 N–H and O–H groups in total. The van der Waals surface area contributed by atoms with Gasteiger partial charge in [0.1, 0.15) is 13.2 Å². The summed E-state index contributed by atoms with van der Waals surface area (Å²) < 4.78 is 22.7. The topological polar surface area (TPSA) is 93.1 Å². The highest BCUT2D eigenvalue weighted by Crippen LogP contribution is 2.25. The molecule has 0 heterocycles. The fourth-order valence-corrected chi connectivity index (χ4v) is 3.16. The van der Waals surface area contributed by atoms with Gasteiger partial charge in [0.2, 0.25) is 0 Å². The molecule has 0 amide bonds. The summed E-state index contributed by atoms with van der Waals surface area (Å²) in [4.78, 5) is 23.8. The Balaban J connectivity index is 2.11. The molecular formula is C27H31FO6. The third kappa shape index (κ3) is 8.24. The summed E-state index contributed by atoms with van der Waals surface area (Å²) in [5, 5.41) is 18.1. The van der Waals surface area contributed by atoms with Crippen LogP contribution in [-0.2, 0) is 25.5 Å². The van der Waals surface area contributed by atoms with Crippen LogP contribution >= 0.6 is 0 Å². The van der Waals surface area contributed by atoms with Crippen molar-refractivity contribution in [2.45, 2.75) is 25.2 Å². The zero-order valence-corrected chi connectivity index (χ0v) is 19.2. The van der Waals surface area contributed by atoms with Crippen LogP contribution in [0, 0.1) is 0 Å². The predicted octanol–water partition coefficient (Wildman–Crippen LogP) is 3.91. The number of halogens is 1. The zero-order chi connectivity index (χ0) is 24.9. The van der Waals surface area contributed by atoms with Crippen molar-refractivity contribution in [3.05, 3.63) is 84.0 Å². The lowest BCUT2D eigenvalue weighted by molar-refractivity contribution is -0.142. The lowest BCUT2D eigenvalue weighted by Gasteiger charge is -2.18. The van der Waals surface area contributed by atoms with Gasteiger partial charge in [-0.15, -0.1) is 0 Å². The number of ether oxygens (including phenoxy) is 2. The summed E-state index contributed by atoms with van der Waals surface area (Å²) in [6.07, 6.45) is 2.23. The second-order valence-electron chi connectivity index (χ2n) is 7.88. The van der Waals surface area contributed by atoms with E-state index in [4.69, 9.17) is 19.7 Å². The van der Waals surface area contributed by atoms with Gasteiger partial charge in [0.15, 0.2) is 0 Å².